The summed E-state index contributed by atoms with van der Waals surface area (Å²) in [6.45, 7) is 34.7. The Morgan fingerprint density at radius 1 is 0.393 bits per heavy atom. The van der Waals surface area contributed by atoms with Crippen molar-refractivity contribution in [3.8, 4) is 45.3 Å². The molecule has 0 aliphatic carbocycles. The predicted octanol–water partition coefficient (Wildman–Crippen LogP) is 21.3. The van der Waals surface area contributed by atoms with E-state index in [-0.39, 0.29) is 48.1 Å². The van der Waals surface area contributed by atoms with Crippen molar-refractivity contribution in [3.63, 3.8) is 0 Å². The molecule has 0 bridgehead atoms. The molecule has 0 spiro atoms. The molecule has 6 heteroatoms. The first-order chi connectivity index (χ1) is 39.3. The number of aromatic nitrogens is 4. The number of ether oxygens (including phenoxy) is 1. The summed E-state index contributed by atoms with van der Waals surface area (Å²) in [5.74, 6) is 2.04. The summed E-state index contributed by atoms with van der Waals surface area (Å²) in [5.41, 5.74) is 14.5. The van der Waals surface area contributed by atoms with Crippen LogP contribution in [0.1, 0.15) is 132 Å². The first-order valence-corrected chi connectivity index (χ1v) is 29.4. The molecule has 0 atom stereocenters. The van der Waals surface area contributed by atoms with Crippen molar-refractivity contribution in [3.05, 3.63) is 228 Å². The van der Waals surface area contributed by atoms with Crippen LogP contribution in [-0.4, -0.2) is 19.3 Å². The number of rotatable bonds is 6. The largest absolute Gasteiger partial charge is 2.00 e. The Kier molecular flexibility index (Phi) is 14.7. The van der Waals surface area contributed by atoms with Crippen LogP contribution >= 0.6 is 0 Å². The van der Waals surface area contributed by atoms with Crippen molar-refractivity contribution in [1.29, 1.82) is 0 Å². The van der Waals surface area contributed by atoms with Crippen LogP contribution in [-0.2, 0) is 48.1 Å². The Balaban J connectivity index is 0.000000180. The van der Waals surface area contributed by atoms with Crippen LogP contribution in [0.15, 0.2) is 188 Å². The van der Waals surface area contributed by atoms with Crippen LogP contribution < -0.4 is 4.74 Å². The number of nitrogens with zero attached hydrogens (tertiary/aromatic N) is 4. The Bertz CT molecular complexity index is 4340. The number of hydrogen-bond acceptors (Lipinski definition) is 3. The molecule has 0 saturated carbocycles. The maximum Gasteiger partial charge on any atom is 2.00 e. The van der Waals surface area contributed by atoms with E-state index in [4.69, 9.17) is 9.72 Å². The van der Waals surface area contributed by atoms with Crippen molar-refractivity contribution in [2.45, 2.75) is 131 Å². The summed E-state index contributed by atoms with van der Waals surface area (Å²) in [7, 11) is 0. The molecule has 3 heterocycles. The van der Waals surface area contributed by atoms with Gasteiger partial charge in [0.1, 0.15) is 5.82 Å². The van der Waals surface area contributed by atoms with Crippen molar-refractivity contribution in [2.75, 3.05) is 0 Å². The maximum atomic E-state index is 6.37. The van der Waals surface area contributed by atoms with Gasteiger partial charge in [-0.25, -0.2) is 4.98 Å². The minimum Gasteiger partial charge on any atom is -0.509 e. The topological polar surface area (TPSA) is 44.9 Å². The molecule has 0 fully saturated rings. The second-order valence-corrected chi connectivity index (χ2v) is 28.0. The summed E-state index contributed by atoms with van der Waals surface area (Å²) < 4.78 is 10.4. The number of para-hydroxylation sites is 1. The van der Waals surface area contributed by atoms with Crippen molar-refractivity contribution < 1.29 is 25.8 Å². The Morgan fingerprint density at radius 3 is 1.39 bits per heavy atom. The number of fused-ring (bicyclic) bond motifs is 5. The summed E-state index contributed by atoms with van der Waals surface area (Å²) >= 11 is 0. The average Bonchev–Trinajstić information content (AvgIpc) is 0.909. The van der Waals surface area contributed by atoms with Gasteiger partial charge in [-0.2, -0.15) is 17.2 Å². The van der Waals surface area contributed by atoms with E-state index in [2.05, 4.69) is 265 Å². The zero-order valence-corrected chi connectivity index (χ0v) is 53.7. The summed E-state index contributed by atoms with van der Waals surface area (Å²) in [6, 6.07) is 68.2. The minimum absolute atomic E-state index is 0. The molecule has 0 aliphatic rings. The van der Waals surface area contributed by atoms with Gasteiger partial charge >= 0.3 is 21.1 Å². The van der Waals surface area contributed by atoms with E-state index in [1.807, 2.05) is 53.6 Å². The molecule has 0 amide bonds. The van der Waals surface area contributed by atoms with Crippen molar-refractivity contribution in [1.82, 2.24) is 19.3 Å². The van der Waals surface area contributed by atoms with Crippen LogP contribution in [0.5, 0.6) is 11.5 Å². The van der Waals surface area contributed by atoms with Crippen molar-refractivity contribution in [2.24, 2.45) is 0 Å². The van der Waals surface area contributed by atoms with Gasteiger partial charge in [0.05, 0.1) is 6.20 Å². The quantitative estimate of drug-likeness (QED) is 0.0947. The van der Waals surface area contributed by atoms with Crippen LogP contribution in [0, 0.1) is 12.1 Å². The van der Waals surface area contributed by atoms with E-state index >= 15 is 0 Å². The fraction of sp³-hybridized carbons (Fsp3) is 0.256. The third-order valence-electron chi connectivity index (χ3n) is 16.7. The Labute approximate surface area is 511 Å². The van der Waals surface area contributed by atoms with Gasteiger partial charge in [-0.05, 0) is 168 Å². The standard InChI is InChI=1S/C42H32N4O.C36H44.Pt/c1-42(2,3)33-22-23-43-41(24-33)46-39-15-8-7-14-37(39)38-21-20-36(26-40(38)46)47-35-13-9-12-34(25-35)45-28-32(27-44-45)31-18-16-30(17-19-31)29-10-5-4-6-11-29;1-33(2,3)23-13-21-14-24(34(4,5)6)19-29-30-20-26(36(10,11)12)16-22-15-25(35(7,8)9)18-28(32(22)30)27(17-23)31(21)29;/h4-24,27-28H,1-3H3;13-20H,1-12H3;/q-2;;+2. The van der Waals surface area contributed by atoms with E-state index in [0.29, 0.717) is 11.5 Å². The normalized spacial score (nSPS) is 12.6. The average molecular weight is 1280 g/mol. The molecule has 0 aliphatic heterocycles. The molecule has 424 valence electrons. The smallest absolute Gasteiger partial charge is 0.509 e. The molecule has 0 saturated heterocycles. The molecule has 0 radical (unpaired) electrons. The fourth-order valence-electron chi connectivity index (χ4n) is 11.6. The third-order valence-corrected chi connectivity index (χ3v) is 16.7. The van der Waals surface area contributed by atoms with Crippen LogP contribution in [0.3, 0.4) is 0 Å². The van der Waals surface area contributed by atoms with Gasteiger partial charge < -0.3 is 9.30 Å². The molecule has 3 aromatic heterocycles. The van der Waals surface area contributed by atoms with Crippen molar-refractivity contribution >= 4 is 64.9 Å². The number of benzene rings is 10. The second kappa shape index (κ2) is 21.3. The predicted molar refractivity (Wildman–Crippen MR) is 352 cm³/mol. The molecule has 0 unspecified atom stereocenters. The van der Waals surface area contributed by atoms with Gasteiger partial charge in [-0.3, -0.25) is 4.68 Å². The Morgan fingerprint density at radius 2 is 0.869 bits per heavy atom. The van der Waals surface area contributed by atoms with Gasteiger partial charge in [0, 0.05) is 35.0 Å². The van der Waals surface area contributed by atoms with Crippen LogP contribution in [0.4, 0.5) is 0 Å². The van der Waals surface area contributed by atoms with E-state index in [9.17, 15) is 0 Å². The molecule has 0 N–H and O–H groups in total. The molecule has 13 rings (SSSR count). The summed E-state index contributed by atoms with van der Waals surface area (Å²) in [4.78, 5) is 4.78. The SMILES string of the molecule is CC(C)(C)c1cc2cc(C(C)(C)C)cc3c4cc(C(C)(C)C)cc5cc(C(C)(C)C)cc(c(c1)c23)c54.CC(C)(C)c1ccnc(-n2c3[c-]c(Oc4[c-]c(-n5cc(-c6ccc(-c7ccccc7)cc6)cn5)ccc4)ccc3c3ccccc32)c1.[Pt+2]. The number of hydrogen-bond donors (Lipinski definition) is 0. The van der Waals surface area contributed by atoms with Gasteiger partial charge in [-0.15, -0.1) is 35.7 Å². The van der Waals surface area contributed by atoms with Gasteiger partial charge in [0.2, 0.25) is 0 Å². The van der Waals surface area contributed by atoms with Gasteiger partial charge in [-0.1, -0.05) is 206 Å². The zero-order valence-electron chi connectivity index (χ0n) is 51.4. The van der Waals surface area contributed by atoms with E-state index < -0.39 is 0 Å². The molecular weight excluding hydrogens is 1200 g/mol. The number of pyridine rings is 1. The molecule has 10 aromatic carbocycles. The zero-order chi connectivity index (χ0) is 58.5. The van der Waals surface area contributed by atoms with Gasteiger partial charge in [0.25, 0.3) is 0 Å². The first-order valence-electron chi connectivity index (χ1n) is 29.4. The molecule has 5 nitrogen and oxygen atoms in total. The fourth-order valence-corrected chi connectivity index (χ4v) is 11.6. The maximum absolute atomic E-state index is 6.37. The van der Waals surface area contributed by atoms with Crippen LogP contribution in [0.2, 0.25) is 0 Å². The Hall–Kier alpha value is -7.85. The molecule has 13 aromatic rings. The van der Waals surface area contributed by atoms with Crippen LogP contribution in [0.25, 0.3) is 98.7 Å². The minimum atomic E-state index is -0.00236. The second-order valence-electron chi connectivity index (χ2n) is 28.0. The third kappa shape index (κ3) is 11.1. The summed E-state index contributed by atoms with van der Waals surface area (Å²) in [6.07, 6.45) is 5.78. The van der Waals surface area contributed by atoms with E-state index in [1.165, 1.54) is 82.0 Å². The van der Waals surface area contributed by atoms with E-state index in [1.54, 1.807) is 0 Å². The first kappa shape index (κ1) is 57.9. The monoisotopic (exact) mass is 1280 g/mol. The molecule has 84 heavy (non-hydrogen) atoms. The summed E-state index contributed by atoms with van der Waals surface area (Å²) in [5, 5.41) is 18.1. The van der Waals surface area contributed by atoms with Gasteiger partial charge in [0.15, 0.2) is 0 Å². The van der Waals surface area contributed by atoms with E-state index in [0.717, 1.165) is 44.4 Å². The molecular formula is C78H76N4OPt.